The number of aryl methyl sites for hydroxylation is 2. The van der Waals surface area contributed by atoms with Gasteiger partial charge in [-0.25, -0.2) is 0 Å². The van der Waals surface area contributed by atoms with Crippen LogP contribution in [-0.4, -0.2) is 38.1 Å². The number of hydrogen-bond acceptors (Lipinski definition) is 3. The molecule has 1 N–H and O–H groups in total. The maximum atomic E-state index is 12.0. The first-order chi connectivity index (χ1) is 11.5. The van der Waals surface area contributed by atoms with Crippen molar-refractivity contribution in [2.24, 2.45) is 0 Å². The van der Waals surface area contributed by atoms with E-state index in [-0.39, 0.29) is 31.0 Å². The highest BCUT2D eigenvalue weighted by atomic mass is 35.5. The predicted molar refractivity (Wildman–Crippen MR) is 105 cm³/mol. The van der Waals surface area contributed by atoms with Crippen LogP contribution in [-0.2, 0) is 4.79 Å². The second kappa shape index (κ2) is 10.1. The molecule has 2 aromatic rings. The van der Waals surface area contributed by atoms with Gasteiger partial charge >= 0.3 is 0 Å². The molecule has 0 bridgehead atoms. The van der Waals surface area contributed by atoms with E-state index in [1.54, 1.807) is 0 Å². The van der Waals surface area contributed by atoms with Crippen molar-refractivity contribution in [2.45, 2.75) is 19.9 Å². The standard InChI is InChI=1S/C20H26N2O2.ClH/c1-15-5-9-17(10-6-15)19(22(3)4)13-21-20(23)14-24-18-11-7-16(2)8-12-18;/h5-12,19H,13-14H2,1-4H3,(H,21,23);1H. The van der Waals surface area contributed by atoms with Crippen molar-refractivity contribution >= 4 is 18.3 Å². The Morgan fingerprint density at radius 1 is 1.00 bits per heavy atom. The quantitative estimate of drug-likeness (QED) is 0.819. The molecule has 0 fully saturated rings. The normalized spacial score (nSPS) is 11.6. The molecule has 0 radical (unpaired) electrons. The topological polar surface area (TPSA) is 41.6 Å². The number of halogens is 1. The van der Waals surface area contributed by atoms with E-state index < -0.39 is 0 Å². The third-order valence-corrected chi connectivity index (χ3v) is 3.97. The van der Waals surface area contributed by atoms with Gasteiger partial charge in [-0.2, -0.15) is 0 Å². The van der Waals surface area contributed by atoms with E-state index in [0.717, 1.165) is 0 Å². The fourth-order valence-electron chi connectivity index (χ4n) is 2.43. The van der Waals surface area contributed by atoms with E-state index in [2.05, 4.69) is 41.4 Å². The molecule has 0 aromatic heterocycles. The maximum absolute atomic E-state index is 12.0. The van der Waals surface area contributed by atoms with Crippen LogP contribution in [0.3, 0.4) is 0 Å². The van der Waals surface area contributed by atoms with Gasteiger partial charge in [-0.1, -0.05) is 47.5 Å². The van der Waals surface area contributed by atoms with Gasteiger partial charge in [0.25, 0.3) is 5.91 Å². The van der Waals surface area contributed by atoms with Crippen LogP contribution in [0.5, 0.6) is 5.75 Å². The van der Waals surface area contributed by atoms with Crippen LogP contribution in [0.25, 0.3) is 0 Å². The summed E-state index contributed by atoms with van der Waals surface area (Å²) < 4.78 is 5.51. The summed E-state index contributed by atoms with van der Waals surface area (Å²) in [5.74, 6) is 0.591. The molecule has 0 aliphatic rings. The fourth-order valence-corrected chi connectivity index (χ4v) is 2.43. The smallest absolute Gasteiger partial charge is 0.258 e. The molecular formula is C20H27ClN2O2. The number of carbonyl (C=O) groups is 1. The molecule has 0 saturated heterocycles. The summed E-state index contributed by atoms with van der Waals surface area (Å²) in [5.41, 5.74) is 3.58. The minimum absolute atomic E-state index is 0. The monoisotopic (exact) mass is 362 g/mol. The molecule has 2 rings (SSSR count). The first kappa shape index (κ1) is 21.0. The van der Waals surface area contributed by atoms with E-state index >= 15 is 0 Å². The van der Waals surface area contributed by atoms with Gasteiger partial charge in [-0.05, 0) is 45.6 Å². The molecule has 0 heterocycles. The van der Waals surface area contributed by atoms with Crippen LogP contribution in [0.1, 0.15) is 22.7 Å². The zero-order valence-corrected chi connectivity index (χ0v) is 16.1. The lowest BCUT2D eigenvalue weighted by Gasteiger charge is -2.25. The van der Waals surface area contributed by atoms with E-state index in [4.69, 9.17) is 4.74 Å². The predicted octanol–water partition coefficient (Wildman–Crippen LogP) is 3.52. The lowest BCUT2D eigenvalue weighted by atomic mass is 10.0. The highest BCUT2D eigenvalue weighted by Gasteiger charge is 2.15. The number of nitrogens with one attached hydrogen (secondary N) is 1. The first-order valence-electron chi connectivity index (χ1n) is 8.15. The van der Waals surface area contributed by atoms with Crippen molar-refractivity contribution in [2.75, 3.05) is 27.2 Å². The highest BCUT2D eigenvalue weighted by molar-refractivity contribution is 5.85. The number of amides is 1. The van der Waals surface area contributed by atoms with Crippen molar-refractivity contribution < 1.29 is 9.53 Å². The average Bonchev–Trinajstić information content (AvgIpc) is 2.56. The van der Waals surface area contributed by atoms with Gasteiger partial charge in [0.05, 0.1) is 6.04 Å². The minimum Gasteiger partial charge on any atom is -0.484 e. The lowest BCUT2D eigenvalue weighted by Crippen LogP contribution is -2.36. The van der Waals surface area contributed by atoms with Crippen LogP contribution in [0.2, 0.25) is 0 Å². The van der Waals surface area contributed by atoms with Gasteiger partial charge in [-0.15, -0.1) is 12.4 Å². The molecule has 0 aliphatic carbocycles. The Hall–Kier alpha value is -2.04. The van der Waals surface area contributed by atoms with Gasteiger partial charge < -0.3 is 15.0 Å². The molecule has 4 nitrogen and oxygen atoms in total. The Kier molecular flexibility index (Phi) is 8.46. The molecule has 0 saturated carbocycles. The van der Waals surface area contributed by atoms with Crippen LogP contribution in [0.4, 0.5) is 0 Å². The van der Waals surface area contributed by atoms with Gasteiger partial charge in [0.2, 0.25) is 0 Å². The third-order valence-electron chi connectivity index (χ3n) is 3.97. The summed E-state index contributed by atoms with van der Waals surface area (Å²) in [4.78, 5) is 14.1. The summed E-state index contributed by atoms with van der Waals surface area (Å²) in [7, 11) is 4.03. The Balaban J connectivity index is 0.00000312. The SMILES string of the molecule is Cc1ccc(OCC(=O)NCC(c2ccc(C)cc2)N(C)C)cc1.Cl. The number of hydrogen-bond donors (Lipinski definition) is 1. The molecule has 136 valence electrons. The number of carbonyl (C=O) groups excluding carboxylic acids is 1. The summed E-state index contributed by atoms with van der Waals surface area (Å²) in [6, 6.07) is 16.2. The highest BCUT2D eigenvalue weighted by Crippen LogP contribution is 2.18. The van der Waals surface area contributed by atoms with Crippen LogP contribution in [0.15, 0.2) is 48.5 Å². The molecule has 0 aliphatic heterocycles. The Bertz CT molecular complexity index is 654. The first-order valence-corrected chi connectivity index (χ1v) is 8.15. The van der Waals surface area contributed by atoms with Crippen molar-refractivity contribution in [3.63, 3.8) is 0 Å². The third kappa shape index (κ3) is 6.77. The van der Waals surface area contributed by atoms with Gasteiger partial charge in [0, 0.05) is 6.54 Å². The molecule has 25 heavy (non-hydrogen) atoms. The molecule has 5 heteroatoms. The zero-order chi connectivity index (χ0) is 17.5. The number of benzene rings is 2. The van der Waals surface area contributed by atoms with Gasteiger partial charge in [0.1, 0.15) is 5.75 Å². The number of rotatable bonds is 7. The van der Waals surface area contributed by atoms with Crippen molar-refractivity contribution in [3.05, 3.63) is 65.2 Å². The average molecular weight is 363 g/mol. The molecule has 0 spiro atoms. The Labute approximate surface area is 156 Å². The van der Waals surface area contributed by atoms with Crippen LogP contribution >= 0.6 is 12.4 Å². The number of nitrogens with zero attached hydrogens (tertiary/aromatic N) is 1. The van der Waals surface area contributed by atoms with E-state index in [1.165, 1.54) is 16.7 Å². The molecule has 1 atom stereocenters. The fraction of sp³-hybridized carbons (Fsp3) is 0.350. The summed E-state index contributed by atoms with van der Waals surface area (Å²) >= 11 is 0. The summed E-state index contributed by atoms with van der Waals surface area (Å²) in [5, 5.41) is 2.95. The van der Waals surface area contributed by atoms with Crippen LogP contribution in [0, 0.1) is 13.8 Å². The van der Waals surface area contributed by atoms with Crippen molar-refractivity contribution in [1.29, 1.82) is 0 Å². The van der Waals surface area contributed by atoms with E-state index in [9.17, 15) is 4.79 Å². The summed E-state index contributed by atoms with van der Waals surface area (Å²) in [6.07, 6.45) is 0. The van der Waals surface area contributed by atoms with Gasteiger partial charge in [-0.3, -0.25) is 4.79 Å². The molecule has 1 amide bonds. The van der Waals surface area contributed by atoms with Crippen molar-refractivity contribution in [1.82, 2.24) is 10.2 Å². The van der Waals surface area contributed by atoms with Crippen LogP contribution < -0.4 is 10.1 Å². The van der Waals surface area contributed by atoms with E-state index in [0.29, 0.717) is 12.3 Å². The Morgan fingerprint density at radius 2 is 1.52 bits per heavy atom. The zero-order valence-electron chi connectivity index (χ0n) is 15.3. The second-order valence-electron chi connectivity index (χ2n) is 6.30. The van der Waals surface area contributed by atoms with E-state index in [1.807, 2.05) is 45.3 Å². The number of likely N-dealkylation sites (N-methyl/N-ethyl adjacent to an activating group) is 1. The minimum atomic E-state index is -0.116. The number of ether oxygens (including phenoxy) is 1. The van der Waals surface area contributed by atoms with Gasteiger partial charge in [0.15, 0.2) is 6.61 Å². The molecule has 1 unspecified atom stereocenters. The lowest BCUT2D eigenvalue weighted by molar-refractivity contribution is -0.123. The largest absolute Gasteiger partial charge is 0.484 e. The molecule has 2 aromatic carbocycles. The second-order valence-corrected chi connectivity index (χ2v) is 6.30. The molecular weight excluding hydrogens is 336 g/mol. The van der Waals surface area contributed by atoms with Crippen molar-refractivity contribution in [3.8, 4) is 5.75 Å². The maximum Gasteiger partial charge on any atom is 0.258 e. The Morgan fingerprint density at radius 3 is 2.04 bits per heavy atom. The summed E-state index contributed by atoms with van der Waals surface area (Å²) in [6.45, 7) is 4.66.